The van der Waals surface area contributed by atoms with Crippen LogP contribution in [0.5, 0.6) is 0 Å². The number of amides is 1. The van der Waals surface area contributed by atoms with E-state index in [9.17, 15) is 4.79 Å². The van der Waals surface area contributed by atoms with Crippen molar-refractivity contribution < 1.29 is 4.79 Å². The molecule has 0 radical (unpaired) electrons. The number of nitrogens with one attached hydrogen (secondary N) is 1. The van der Waals surface area contributed by atoms with Gasteiger partial charge in [-0.3, -0.25) is 4.79 Å². The first-order chi connectivity index (χ1) is 9.31. The Morgan fingerprint density at radius 3 is 1.95 bits per heavy atom. The zero-order chi connectivity index (χ0) is 15.3. The third kappa shape index (κ3) is 4.97. The van der Waals surface area contributed by atoms with E-state index in [1.54, 1.807) is 0 Å². The smallest absolute Gasteiger partial charge is 0.222 e. The quantitative estimate of drug-likeness (QED) is 0.837. The Balaban J connectivity index is 2.83. The Bertz CT molecular complexity index is 421. The van der Waals surface area contributed by atoms with Crippen LogP contribution < -0.4 is 11.1 Å². The van der Waals surface area contributed by atoms with Crippen LogP contribution in [0.15, 0.2) is 24.3 Å². The molecular formula is C17H28N2O. The van der Waals surface area contributed by atoms with Gasteiger partial charge in [-0.25, -0.2) is 0 Å². The third-order valence-electron chi connectivity index (χ3n) is 3.45. The molecule has 0 fully saturated rings. The molecule has 3 nitrogen and oxygen atoms in total. The van der Waals surface area contributed by atoms with Gasteiger partial charge in [-0.05, 0) is 29.9 Å². The SMILES string of the molecule is CC(N)CC(=O)NC(c1ccc(C(C)C)cc1)C(C)C. The average Bonchev–Trinajstić information content (AvgIpc) is 2.35. The number of carbonyl (C=O) groups excluding carboxylic acids is 1. The van der Waals surface area contributed by atoms with Crippen molar-refractivity contribution in [1.29, 1.82) is 0 Å². The number of hydrogen-bond donors (Lipinski definition) is 2. The number of rotatable bonds is 6. The topological polar surface area (TPSA) is 55.1 Å². The number of nitrogens with two attached hydrogens (primary N) is 1. The highest BCUT2D eigenvalue weighted by Crippen LogP contribution is 2.24. The Kier molecular flexibility index (Phi) is 6.21. The van der Waals surface area contributed by atoms with Gasteiger partial charge in [0.2, 0.25) is 5.91 Å². The van der Waals surface area contributed by atoms with E-state index in [0.29, 0.717) is 18.3 Å². The molecular weight excluding hydrogens is 248 g/mol. The largest absolute Gasteiger partial charge is 0.349 e. The van der Waals surface area contributed by atoms with E-state index in [2.05, 4.69) is 57.3 Å². The zero-order valence-corrected chi connectivity index (χ0v) is 13.3. The lowest BCUT2D eigenvalue weighted by atomic mass is 9.93. The van der Waals surface area contributed by atoms with Gasteiger partial charge in [-0.15, -0.1) is 0 Å². The maximum absolute atomic E-state index is 11.9. The van der Waals surface area contributed by atoms with Gasteiger partial charge in [0.15, 0.2) is 0 Å². The highest BCUT2D eigenvalue weighted by molar-refractivity contribution is 5.77. The fraction of sp³-hybridized carbons (Fsp3) is 0.588. The first-order valence-electron chi connectivity index (χ1n) is 7.46. The molecule has 0 aliphatic heterocycles. The third-order valence-corrected chi connectivity index (χ3v) is 3.45. The Labute approximate surface area is 122 Å². The molecule has 0 heterocycles. The molecule has 0 aromatic heterocycles. The first kappa shape index (κ1) is 16.7. The molecule has 0 saturated carbocycles. The van der Waals surface area contributed by atoms with Crippen LogP contribution in [0.3, 0.4) is 0 Å². The molecule has 1 rings (SSSR count). The minimum atomic E-state index is -0.105. The predicted octanol–water partition coefficient (Wildman–Crippen LogP) is 3.36. The lowest BCUT2D eigenvalue weighted by Gasteiger charge is -2.24. The van der Waals surface area contributed by atoms with Gasteiger partial charge < -0.3 is 11.1 Å². The summed E-state index contributed by atoms with van der Waals surface area (Å²) in [7, 11) is 0. The van der Waals surface area contributed by atoms with Crippen LogP contribution in [0, 0.1) is 5.92 Å². The van der Waals surface area contributed by atoms with Crippen molar-refractivity contribution in [2.24, 2.45) is 11.7 Å². The van der Waals surface area contributed by atoms with Gasteiger partial charge in [0.1, 0.15) is 0 Å². The Morgan fingerprint density at radius 2 is 1.55 bits per heavy atom. The molecule has 1 aromatic rings. The molecule has 3 heteroatoms. The van der Waals surface area contributed by atoms with Gasteiger partial charge in [0.25, 0.3) is 0 Å². The molecule has 1 amide bonds. The summed E-state index contributed by atoms with van der Waals surface area (Å²) in [4.78, 5) is 11.9. The summed E-state index contributed by atoms with van der Waals surface area (Å²) in [6.45, 7) is 10.4. The van der Waals surface area contributed by atoms with Crippen LogP contribution in [-0.4, -0.2) is 11.9 Å². The van der Waals surface area contributed by atoms with Crippen LogP contribution in [0.4, 0.5) is 0 Å². The molecule has 0 aliphatic rings. The van der Waals surface area contributed by atoms with Gasteiger partial charge in [-0.1, -0.05) is 52.0 Å². The van der Waals surface area contributed by atoms with E-state index in [1.165, 1.54) is 5.56 Å². The van der Waals surface area contributed by atoms with Gasteiger partial charge in [-0.2, -0.15) is 0 Å². The summed E-state index contributed by atoms with van der Waals surface area (Å²) >= 11 is 0. The van der Waals surface area contributed by atoms with Crippen LogP contribution in [-0.2, 0) is 4.79 Å². The minimum absolute atomic E-state index is 0.0200. The van der Waals surface area contributed by atoms with Crippen molar-refractivity contribution in [2.45, 2.75) is 59.0 Å². The lowest BCUT2D eigenvalue weighted by Crippen LogP contribution is -2.35. The maximum atomic E-state index is 11.9. The van der Waals surface area contributed by atoms with Crippen molar-refractivity contribution in [3.8, 4) is 0 Å². The second-order valence-electron chi connectivity index (χ2n) is 6.29. The van der Waals surface area contributed by atoms with E-state index in [1.807, 2.05) is 6.92 Å². The molecule has 20 heavy (non-hydrogen) atoms. The van der Waals surface area contributed by atoms with Crippen LogP contribution in [0.1, 0.15) is 64.1 Å². The van der Waals surface area contributed by atoms with Gasteiger partial charge >= 0.3 is 0 Å². The van der Waals surface area contributed by atoms with E-state index >= 15 is 0 Å². The standard InChI is InChI=1S/C17H28N2O/c1-11(2)14-6-8-15(9-7-14)17(12(3)4)19-16(20)10-13(5)18/h6-9,11-13,17H,10,18H2,1-5H3,(H,19,20). The van der Waals surface area contributed by atoms with Crippen molar-refractivity contribution in [3.63, 3.8) is 0 Å². The van der Waals surface area contributed by atoms with Crippen LogP contribution in [0.2, 0.25) is 0 Å². The van der Waals surface area contributed by atoms with Gasteiger partial charge in [0.05, 0.1) is 6.04 Å². The second-order valence-corrected chi connectivity index (χ2v) is 6.29. The molecule has 0 bridgehead atoms. The van der Waals surface area contributed by atoms with Crippen molar-refractivity contribution in [2.75, 3.05) is 0 Å². The molecule has 1 aromatic carbocycles. The fourth-order valence-electron chi connectivity index (χ4n) is 2.25. The van der Waals surface area contributed by atoms with Gasteiger partial charge in [0, 0.05) is 12.5 Å². The molecule has 112 valence electrons. The molecule has 3 N–H and O–H groups in total. The molecule has 2 unspecified atom stereocenters. The summed E-state index contributed by atoms with van der Waals surface area (Å²) in [5, 5.41) is 3.09. The Morgan fingerprint density at radius 1 is 1.05 bits per heavy atom. The number of benzene rings is 1. The molecule has 0 aliphatic carbocycles. The minimum Gasteiger partial charge on any atom is -0.349 e. The van der Waals surface area contributed by atoms with Crippen molar-refractivity contribution in [1.82, 2.24) is 5.32 Å². The van der Waals surface area contributed by atoms with Crippen LogP contribution in [0.25, 0.3) is 0 Å². The van der Waals surface area contributed by atoms with E-state index in [4.69, 9.17) is 5.73 Å². The van der Waals surface area contributed by atoms with E-state index < -0.39 is 0 Å². The highest BCUT2D eigenvalue weighted by atomic mass is 16.1. The lowest BCUT2D eigenvalue weighted by molar-refractivity contribution is -0.122. The summed E-state index contributed by atoms with van der Waals surface area (Å²) in [5.41, 5.74) is 8.15. The monoisotopic (exact) mass is 276 g/mol. The van der Waals surface area contributed by atoms with Crippen molar-refractivity contribution in [3.05, 3.63) is 35.4 Å². The molecule has 0 spiro atoms. The molecule has 2 atom stereocenters. The van der Waals surface area contributed by atoms with Crippen LogP contribution >= 0.6 is 0 Å². The predicted molar refractivity (Wildman–Crippen MR) is 84.5 cm³/mol. The summed E-state index contributed by atoms with van der Waals surface area (Å²) in [6.07, 6.45) is 0.368. The average molecular weight is 276 g/mol. The zero-order valence-electron chi connectivity index (χ0n) is 13.3. The summed E-state index contributed by atoms with van der Waals surface area (Å²) < 4.78 is 0. The summed E-state index contributed by atoms with van der Waals surface area (Å²) in [5.74, 6) is 0.887. The molecule has 0 saturated heterocycles. The van der Waals surface area contributed by atoms with Crippen molar-refractivity contribution >= 4 is 5.91 Å². The number of carbonyl (C=O) groups is 1. The Hall–Kier alpha value is -1.35. The highest BCUT2D eigenvalue weighted by Gasteiger charge is 2.18. The van der Waals surface area contributed by atoms with E-state index in [-0.39, 0.29) is 18.0 Å². The first-order valence-corrected chi connectivity index (χ1v) is 7.46. The second kappa shape index (κ2) is 7.44. The fourth-order valence-corrected chi connectivity index (χ4v) is 2.25. The number of hydrogen-bond acceptors (Lipinski definition) is 2. The van der Waals surface area contributed by atoms with E-state index in [0.717, 1.165) is 5.56 Å². The normalized spacial score (nSPS) is 14.4. The summed E-state index contributed by atoms with van der Waals surface area (Å²) in [6, 6.07) is 8.46. The maximum Gasteiger partial charge on any atom is 0.222 e.